The van der Waals surface area contributed by atoms with E-state index in [9.17, 15) is 14.9 Å². The highest BCUT2D eigenvalue weighted by atomic mass is 35.5. The number of nitrogens with one attached hydrogen (secondary N) is 1. The van der Waals surface area contributed by atoms with Gasteiger partial charge in [-0.25, -0.2) is 0 Å². The molecule has 0 aliphatic carbocycles. The zero-order valence-electron chi connectivity index (χ0n) is 16.1. The van der Waals surface area contributed by atoms with E-state index in [0.29, 0.717) is 22.0 Å². The molecule has 154 valence electrons. The smallest absolute Gasteiger partial charge is 0.291 e. The van der Waals surface area contributed by atoms with E-state index in [2.05, 4.69) is 10.2 Å². The maximum absolute atomic E-state index is 12.6. The van der Waals surface area contributed by atoms with Crippen molar-refractivity contribution in [1.82, 2.24) is 0 Å². The summed E-state index contributed by atoms with van der Waals surface area (Å²) >= 11 is 6.45. The molecule has 3 aromatic rings. The second kappa shape index (κ2) is 8.59. The number of non-ortho nitro benzene ring substituents is 1. The maximum Gasteiger partial charge on any atom is 0.291 e. The summed E-state index contributed by atoms with van der Waals surface area (Å²) in [4.78, 5) is 25.3. The van der Waals surface area contributed by atoms with Gasteiger partial charge in [0.1, 0.15) is 5.76 Å². The van der Waals surface area contributed by atoms with Crippen LogP contribution in [-0.4, -0.2) is 23.9 Å². The Balaban J connectivity index is 1.47. The third-order valence-electron chi connectivity index (χ3n) is 5.07. The van der Waals surface area contributed by atoms with Crippen LogP contribution < -0.4 is 10.2 Å². The fraction of sp³-hybridized carbons (Fsp3) is 0.227. The lowest BCUT2D eigenvalue weighted by atomic mass is 10.1. The van der Waals surface area contributed by atoms with Gasteiger partial charge in [0.2, 0.25) is 0 Å². The minimum Gasteiger partial charge on any atom is -0.451 e. The van der Waals surface area contributed by atoms with Crippen molar-refractivity contribution in [2.45, 2.75) is 19.3 Å². The number of anilines is 2. The maximum atomic E-state index is 12.6. The number of rotatable bonds is 5. The molecule has 4 rings (SSSR count). The van der Waals surface area contributed by atoms with Crippen molar-refractivity contribution in [3.05, 3.63) is 75.5 Å². The quantitative estimate of drug-likeness (QED) is 0.415. The Bertz CT molecular complexity index is 1090. The average molecular weight is 426 g/mol. The summed E-state index contributed by atoms with van der Waals surface area (Å²) < 4.78 is 5.61. The monoisotopic (exact) mass is 425 g/mol. The van der Waals surface area contributed by atoms with Crippen molar-refractivity contribution in [2.75, 3.05) is 23.3 Å². The molecule has 1 aromatic heterocycles. The second-order valence-corrected chi connectivity index (χ2v) is 7.55. The molecular formula is C22H20ClN3O4. The lowest BCUT2D eigenvalue weighted by molar-refractivity contribution is -0.384. The van der Waals surface area contributed by atoms with Gasteiger partial charge in [0, 0.05) is 36.5 Å². The number of hydrogen-bond acceptors (Lipinski definition) is 5. The topological polar surface area (TPSA) is 88.6 Å². The minimum atomic E-state index is -0.475. The molecule has 2 aromatic carbocycles. The highest BCUT2D eigenvalue weighted by Gasteiger charge is 2.17. The van der Waals surface area contributed by atoms with Crippen LogP contribution in [-0.2, 0) is 0 Å². The fourth-order valence-electron chi connectivity index (χ4n) is 3.56. The predicted octanol–water partition coefficient (Wildman–Crippen LogP) is 5.75. The number of hydrogen-bond donors (Lipinski definition) is 1. The van der Waals surface area contributed by atoms with Crippen molar-refractivity contribution >= 4 is 34.6 Å². The Morgan fingerprint density at radius 2 is 1.87 bits per heavy atom. The standard InChI is InChI=1S/C22H20ClN3O4/c23-18-14-16(7-8-19(18)25-11-2-1-3-12-25)24-22(27)21-10-9-20(30-21)15-5-4-6-17(13-15)26(28)29/h4-10,13-14H,1-3,11-12H2,(H,24,27). The molecule has 8 heteroatoms. The van der Waals surface area contributed by atoms with Crippen LogP contribution in [0.1, 0.15) is 29.8 Å². The number of halogens is 1. The van der Waals surface area contributed by atoms with E-state index in [1.807, 2.05) is 12.1 Å². The first-order valence-electron chi connectivity index (χ1n) is 9.72. The summed E-state index contributed by atoms with van der Waals surface area (Å²) in [7, 11) is 0. The van der Waals surface area contributed by atoms with Gasteiger partial charge < -0.3 is 14.6 Å². The number of nitro groups is 1. The zero-order valence-corrected chi connectivity index (χ0v) is 16.9. The molecule has 1 amide bonds. The molecule has 0 atom stereocenters. The summed E-state index contributed by atoms with van der Waals surface area (Å²) in [5.74, 6) is 0.0588. The van der Waals surface area contributed by atoms with Crippen molar-refractivity contribution in [1.29, 1.82) is 0 Å². The number of piperidine rings is 1. The van der Waals surface area contributed by atoms with Gasteiger partial charge in [-0.05, 0) is 49.6 Å². The Kier molecular flexibility index (Phi) is 5.72. The van der Waals surface area contributed by atoms with Gasteiger partial charge in [-0.1, -0.05) is 23.7 Å². The van der Waals surface area contributed by atoms with Gasteiger partial charge in [-0.3, -0.25) is 14.9 Å². The molecule has 2 heterocycles. The zero-order chi connectivity index (χ0) is 21.1. The van der Waals surface area contributed by atoms with Crippen LogP contribution in [0.4, 0.5) is 17.1 Å². The van der Waals surface area contributed by atoms with Gasteiger partial charge in [0.15, 0.2) is 5.76 Å². The Hall–Kier alpha value is -3.32. The summed E-state index contributed by atoms with van der Waals surface area (Å²) in [6.45, 7) is 1.97. The molecule has 0 saturated carbocycles. The molecule has 30 heavy (non-hydrogen) atoms. The van der Waals surface area contributed by atoms with Gasteiger partial charge in [0.05, 0.1) is 15.6 Å². The lowest BCUT2D eigenvalue weighted by Gasteiger charge is -2.29. The molecule has 1 aliphatic heterocycles. The summed E-state index contributed by atoms with van der Waals surface area (Å²) in [6, 6.07) is 14.7. The van der Waals surface area contributed by atoms with Crippen LogP contribution in [0, 0.1) is 10.1 Å². The summed E-state index contributed by atoms with van der Waals surface area (Å²) in [5, 5.41) is 14.3. The first-order chi connectivity index (χ1) is 14.5. The largest absolute Gasteiger partial charge is 0.451 e. The van der Waals surface area contributed by atoms with Crippen molar-refractivity contribution in [3.8, 4) is 11.3 Å². The van der Waals surface area contributed by atoms with Crippen LogP contribution in [0.25, 0.3) is 11.3 Å². The molecule has 7 nitrogen and oxygen atoms in total. The average Bonchev–Trinajstić information content (AvgIpc) is 3.25. The van der Waals surface area contributed by atoms with Crippen LogP contribution in [0.5, 0.6) is 0 Å². The van der Waals surface area contributed by atoms with E-state index < -0.39 is 10.8 Å². The molecular weight excluding hydrogens is 406 g/mol. The van der Waals surface area contributed by atoms with Crippen molar-refractivity contribution in [3.63, 3.8) is 0 Å². The molecule has 1 N–H and O–H groups in total. The first kappa shape index (κ1) is 20.0. The normalized spacial score (nSPS) is 13.8. The van der Waals surface area contributed by atoms with E-state index in [-0.39, 0.29) is 11.4 Å². The van der Waals surface area contributed by atoms with Crippen molar-refractivity contribution in [2.24, 2.45) is 0 Å². The third-order valence-corrected chi connectivity index (χ3v) is 5.38. The molecule has 0 bridgehead atoms. The van der Waals surface area contributed by atoms with Crippen LogP contribution in [0.15, 0.2) is 59.0 Å². The van der Waals surface area contributed by atoms with E-state index >= 15 is 0 Å². The van der Waals surface area contributed by atoms with E-state index in [0.717, 1.165) is 31.6 Å². The van der Waals surface area contributed by atoms with E-state index in [4.69, 9.17) is 16.0 Å². The number of nitrogens with zero attached hydrogens (tertiary/aromatic N) is 2. The minimum absolute atomic E-state index is 0.0432. The lowest BCUT2D eigenvalue weighted by Crippen LogP contribution is -2.29. The molecule has 1 aliphatic rings. The fourth-order valence-corrected chi connectivity index (χ4v) is 3.86. The predicted molar refractivity (Wildman–Crippen MR) is 116 cm³/mol. The molecule has 1 saturated heterocycles. The molecule has 1 fully saturated rings. The van der Waals surface area contributed by atoms with Gasteiger partial charge in [0.25, 0.3) is 11.6 Å². The SMILES string of the molecule is O=C(Nc1ccc(N2CCCCC2)c(Cl)c1)c1ccc(-c2cccc([N+](=O)[O-])c2)o1. The van der Waals surface area contributed by atoms with Crippen LogP contribution in [0.3, 0.4) is 0 Å². The number of benzene rings is 2. The first-order valence-corrected chi connectivity index (χ1v) is 10.1. The molecule has 0 spiro atoms. The summed E-state index contributed by atoms with van der Waals surface area (Å²) in [6.07, 6.45) is 3.55. The van der Waals surface area contributed by atoms with Gasteiger partial charge >= 0.3 is 0 Å². The summed E-state index contributed by atoms with van der Waals surface area (Å²) in [5.41, 5.74) is 2.02. The van der Waals surface area contributed by atoms with Crippen LogP contribution >= 0.6 is 11.6 Å². The van der Waals surface area contributed by atoms with E-state index in [1.54, 1.807) is 24.3 Å². The highest BCUT2D eigenvalue weighted by molar-refractivity contribution is 6.33. The number of furan rings is 1. The second-order valence-electron chi connectivity index (χ2n) is 7.14. The molecule has 0 radical (unpaired) electrons. The Labute approximate surface area is 178 Å². The number of amides is 1. The van der Waals surface area contributed by atoms with Crippen LogP contribution in [0.2, 0.25) is 5.02 Å². The number of nitro benzene ring substituents is 1. The highest BCUT2D eigenvalue weighted by Crippen LogP contribution is 2.31. The van der Waals surface area contributed by atoms with Gasteiger partial charge in [-0.15, -0.1) is 0 Å². The third kappa shape index (κ3) is 4.31. The Morgan fingerprint density at radius 1 is 1.07 bits per heavy atom. The van der Waals surface area contributed by atoms with Gasteiger partial charge in [-0.2, -0.15) is 0 Å². The molecule has 0 unspecified atom stereocenters. The van der Waals surface area contributed by atoms with E-state index in [1.165, 1.54) is 24.6 Å². The van der Waals surface area contributed by atoms with Crippen molar-refractivity contribution < 1.29 is 14.1 Å². The number of carbonyl (C=O) groups is 1. The Morgan fingerprint density at radius 3 is 2.60 bits per heavy atom. The number of carbonyl (C=O) groups excluding carboxylic acids is 1.